The first-order valence-electron chi connectivity index (χ1n) is 6.82. The molecule has 1 N–H and O–H groups in total. The summed E-state index contributed by atoms with van der Waals surface area (Å²) in [4.78, 5) is 1.25. The van der Waals surface area contributed by atoms with Gasteiger partial charge in [0.25, 0.3) is 0 Å². The lowest BCUT2D eigenvalue weighted by Gasteiger charge is -2.33. The van der Waals surface area contributed by atoms with Crippen molar-refractivity contribution < 1.29 is 22.0 Å². The van der Waals surface area contributed by atoms with Crippen molar-refractivity contribution in [2.45, 2.75) is 26.3 Å². The maximum Gasteiger partial charge on any atom is 0.200 e. The van der Waals surface area contributed by atoms with Gasteiger partial charge in [-0.15, -0.1) is 0 Å². The highest BCUT2D eigenvalue weighted by Gasteiger charge is 2.30. The molecule has 0 aliphatic carbocycles. The van der Waals surface area contributed by atoms with Crippen LogP contribution >= 0.6 is 0 Å². The summed E-state index contributed by atoms with van der Waals surface area (Å²) in [6.07, 6.45) is 0.548. The Hall–Kier alpha value is -1.37. The van der Waals surface area contributed by atoms with Crippen LogP contribution < -0.4 is 10.2 Å². The predicted molar refractivity (Wildman–Crippen MR) is 69.7 cm³/mol. The summed E-state index contributed by atoms with van der Waals surface area (Å²) in [5.74, 6) is -9.43. The van der Waals surface area contributed by atoms with Gasteiger partial charge in [-0.3, -0.25) is 0 Å². The van der Waals surface area contributed by atoms with E-state index >= 15 is 0 Å². The third-order valence-electron chi connectivity index (χ3n) is 3.68. The zero-order chi connectivity index (χ0) is 15.7. The zero-order valence-corrected chi connectivity index (χ0v) is 11.8. The molecule has 0 amide bonds. The third-order valence-corrected chi connectivity index (χ3v) is 3.68. The van der Waals surface area contributed by atoms with E-state index < -0.39 is 34.8 Å². The highest BCUT2D eigenvalue weighted by Crippen LogP contribution is 2.31. The van der Waals surface area contributed by atoms with Gasteiger partial charge in [0.15, 0.2) is 23.3 Å². The van der Waals surface area contributed by atoms with Gasteiger partial charge in [-0.25, -0.2) is 22.0 Å². The molecule has 2 nitrogen and oxygen atoms in total. The molecule has 0 radical (unpaired) electrons. The number of hydrogen-bond acceptors (Lipinski definition) is 2. The van der Waals surface area contributed by atoms with Crippen LogP contribution in [0.25, 0.3) is 0 Å². The fraction of sp³-hybridized carbons (Fsp3) is 0.571. The van der Waals surface area contributed by atoms with E-state index in [-0.39, 0.29) is 25.0 Å². The summed E-state index contributed by atoms with van der Waals surface area (Å²) in [5.41, 5.74) is -0.827. The van der Waals surface area contributed by atoms with Gasteiger partial charge < -0.3 is 10.2 Å². The molecule has 1 aliphatic heterocycles. The maximum absolute atomic E-state index is 13.9. The van der Waals surface area contributed by atoms with Crippen molar-refractivity contribution in [2.24, 2.45) is 5.92 Å². The second-order valence-electron chi connectivity index (χ2n) is 5.57. The van der Waals surface area contributed by atoms with Gasteiger partial charge in [0.05, 0.1) is 0 Å². The summed E-state index contributed by atoms with van der Waals surface area (Å²) in [5, 5.41) is 3.25. The minimum absolute atomic E-state index is 0.0164. The van der Waals surface area contributed by atoms with E-state index in [0.29, 0.717) is 13.0 Å². The molecular formula is C14H17F5N2. The Morgan fingerprint density at radius 3 is 2.00 bits per heavy atom. The van der Waals surface area contributed by atoms with E-state index in [1.54, 1.807) is 0 Å². The minimum atomic E-state index is -2.12. The molecule has 1 aliphatic rings. The zero-order valence-electron chi connectivity index (χ0n) is 11.8. The van der Waals surface area contributed by atoms with Crippen molar-refractivity contribution in [3.05, 3.63) is 29.1 Å². The second kappa shape index (κ2) is 6.17. The Morgan fingerprint density at radius 1 is 0.905 bits per heavy atom. The van der Waals surface area contributed by atoms with Gasteiger partial charge in [-0.1, -0.05) is 6.92 Å². The van der Waals surface area contributed by atoms with Crippen molar-refractivity contribution >= 4 is 5.69 Å². The van der Waals surface area contributed by atoms with E-state index in [2.05, 4.69) is 5.32 Å². The number of nitrogens with one attached hydrogen (secondary N) is 1. The monoisotopic (exact) mass is 308 g/mol. The molecule has 2 atom stereocenters. The molecule has 1 aromatic carbocycles. The molecule has 1 aromatic rings. The Kier molecular flexibility index (Phi) is 4.70. The Morgan fingerprint density at radius 2 is 1.43 bits per heavy atom. The Bertz CT molecular complexity index is 506. The number of halogens is 5. The van der Waals surface area contributed by atoms with Gasteiger partial charge in [0, 0.05) is 19.1 Å². The number of anilines is 1. The van der Waals surface area contributed by atoms with E-state index in [0.717, 1.165) is 0 Å². The fourth-order valence-electron chi connectivity index (χ4n) is 2.46. The van der Waals surface area contributed by atoms with Crippen molar-refractivity contribution in [1.82, 2.24) is 5.32 Å². The Labute approximate surface area is 119 Å². The van der Waals surface area contributed by atoms with E-state index in [1.807, 2.05) is 13.8 Å². The molecule has 2 rings (SSSR count). The molecule has 7 heteroatoms. The van der Waals surface area contributed by atoms with Gasteiger partial charge in [0.2, 0.25) is 5.82 Å². The lowest BCUT2D eigenvalue weighted by molar-refractivity contribution is 0.368. The van der Waals surface area contributed by atoms with Crippen LogP contribution in [0.4, 0.5) is 27.6 Å². The lowest BCUT2D eigenvalue weighted by Crippen LogP contribution is -2.43. The quantitative estimate of drug-likeness (QED) is 0.487. The van der Waals surface area contributed by atoms with E-state index in [1.165, 1.54) is 4.90 Å². The largest absolute Gasteiger partial charge is 0.366 e. The normalized spacial score (nSPS) is 23.9. The summed E-state index contributed by atoms with van der Waals surface area (Å²) >= 11 is 0. The molecule has 118 valence electrons. The SMILES string of the molecule is CC1CNC(C)CCN(c2c(F)c(F)c(F)c(F)c2F)C1. The van der Waals surface area contributed by atoms with Crippen LogP contribution in [-0.4, -0.2) is 25.7 Å². The van der Waals surface area contributed by atoms with Crippen LogP contribution in [0.2, 0.25) is 0 Å². The lowest BCUT2D eigenvalue weighted by atomic mass is 10.1. The summed E-state index contributed by atoms with van der Waals surface area (Å²) in [7, 11) is 0. The highest BCUT2D eigenvalue weighted by atomic mass is 19.2. The molecule has 1 saturated heterocycles. The third kappa shape index (κ3) is 3.12. The minimum Gasteiger partial charge on any atom is -0.366 e. The molecule has 0 aromatic heterocycles. The van der Waals surface area contributed by atoms with Gasteiger partial charge in [0.1, 0.15) is 5.69 Å². The molecule has 1 fully saturated rings. The number of benzene rings is 1. The van der Waals surface area contributed by atoms with E-state index in [4.69, 9.17) is 0 Å². The number of rotatable bonds is 1. The summed E-state index contributed by atoms with van der Waals surface area (Å²) in [6.45, 7) is 4.82. The standard InChI is InChI=1S/C14H17F5N2/c1-7-5-20-8(2)3-4-21(6-7)14-12(18)10(16)9(15)11(17)13(14)19/h7-8,20H,3-6H2,1-2H3. The van der Waals surface area contributed by atoms with E-state index in [9.17, 15) is 22.0 Å². The molecule has 21 heavy (non-hydrogen) atoms. The van der Waals surface area contributed by atoms with Crippen molar-refractivity contribution in [2.75, 3.05) is 24.5 Å². The fourth-order valence-corrected chi connectivity index (χ4v) is 2.46. The topological polar surface area (TPSA) is 15.3 Å². The van der Waals surface area contributed by atoms with Crippen LogP contribution in [-0.2, 0) is 0 Å². The van der Waals surface area contributed by atoms with Crippen LogP contribution in [0.15, 0.2) is 0 Å². The molecule has 0 bridgehead atoms. The van der Waals surface area contributed by atoms with Gasteiger partial charge in [-0.05, 0) is 25.8 Å². The van der Waals surface area contributed by atoms with Crippen LogP contribution in [0.1, 0.15) is 20.3 Å². The summed E-state index contributed by atoms with van der Waals surface area (Å²) < 4.78 is 67.5. The molecular weight excluding hydrogens is 291 g/mol. The van der Waals surface area contributed by atoms with Gasteiger partial charge >= 0.3 is 0 Å². The molecule has 2 unspecified atom stereocenters. The first-order valence-corrected chi connectivity index (χ1v) is 6.82. The maximum atomic E-state index is 13.9. The van der Waals surface area contributed by atoms with Gasteiger partial charge in [-0.2, -0.15) is 0 Å². The molecule has 0 spiro atoms. The summed E-state index contributed by atoms with van der Waals surface area (Å²) in [6, 6.07) is 0.108. The smallest absolute Gasteiger partial charge is 0.200 e. The van der Waals surface area contributed by atoms with Crippen LogP contribution in [0.3, 0.4) is 0 Å². The number of hydrogen-bond donors (Lipinski definition) is 1. The van der Waals surface area contributed by atoms with Crippen LogP contribution in [0.5, 0.6) is 0 Å². The first kappa shape index (κ1) is 16.0. The highest BCUT2D eigenvalue weighted by molar-refractivity contribution is 5.50. The van der Waals surface area contributed by atoms with Crippen molar-refractivity contribution in [3.8, 4) is 0 Å². The average Bonchev–Trinajstić information content (AvgIpc) is 2.45. The van der Waals surface area contributed by atoms with Crippen LogP contribution in [0, 0.1) is 35.0 Å². The molecule has 1 heterocycles. The predicted octanol–water partition coefficient (Wildman–Crippen LogP) is 3.21. The van der Waals surface area contributed by atoms with Crippen molar-refractivity contribution in [1.29, 1.82) is 0 Å². The second-order valence-corrected chi connectivity index (χ2v) is 5.57. The average molecular weight is 308 g/mol. The first-order chi connectivity index (χ1) is 9.82. The number of nitrogens with zero attached hydrogens (tertiary/aromatic N) is 1. The molecule has 0 saturated carbocycles. The Balaban J connectivity index is 2.44. The van der Waals surface area contributed by atoms with Crippen molar-refractivity contribution in [3.63, 3.8) is 0 Å².